The number of methoxy groups -OCH3 is 2. The number of ether oxygens (including phenoxy) is 2. The van der Waals surface area contributed by atoms with Gasteiger partial charge in [-0.15, -0.1) is 0 Å². The summed E-state index contributed by atoms with van der Waals surface area (Å²) in [7, 11) is 4.99. The lowest BCUT2D eigenvalue weighted by Gasteiger charge is -2.12. The molecule has 1 rings (SSSR count). The Morgan fingerprint density at radius 3 is 2.17 bits per heavy atom. The zero-order chi connectivity index (χ0) is 13.5. The predicted molar refractivity (Wildman–Crippen MR) is 70.5 cm³/mol. The molecule has 0 bridgehead atoms. The van der Waals surface area contributed by atoms with Crippen LogP contribution < -0.4 is 20.1 Å². The number of hydrogen-bond donors (Lipinski definition) is 2. The third-order valence-electron chi connectivity index (χ3n) is 2.67. The molecule has 0 atom stereocenters. The van der Waals surface area contributed by atoms with Crippen LogP contribution in [0.3, 0.4) is 0 Å². The molecule has 0 fully saturated rings. The fraction of sp³-hybridized carbons (Fsp3) is 0.462. The van der Waals surface area contributed by atoms with Crippen LogP contribution in [0, 0.1) is 6.92 Å². The Bertz CT molecular complexity index is 394. The highest BCUT2D eigenvalue weighted by molar-refractivity contribution is 5.95. The summed E-state index contributed by atoms with van der Waals surface area (Å²) < 4.78 is 10.5. The Morgan fingerprint density at radius 1 is 1.17 bits per heavy atom. The van der Waals surface area contributed by atoms with Crippen LogP contribution in [0.25, 0.3) is 0 Å². The zero-order valence-corrected chi connectivity index (χ0v) is 11.3. The lowest BCUT2D eigenvalue weighted by Crippen LogP contribution is -2.30. The fourth-order valence-electron chi connectivity index (χ4n) is 1.62. The molecule has 5 heteroatoms. The van der Waals surface area contributed by atoms with Crippen LogP contribution >= 0.6 is 0 Å². The third-order valence-corrected chi connectivity index (χ3v) is 2.67. The van der Waals surface area contributed by atoms with E-state index in [2.05, 4.69) is 10.6 Å². The minimum atomic E-state index is -0.137. The van der Waals surface area contributed by atoms with E-state index in [-0.39, 0.29) is 5.91 Å². The van der Waals surface area contributed by atoms with E-state index in [0.717, 1.165) is 12.1 Å². The minimum Gasteiger partial charge on any atom is -0.496 e. The summed E-state index contributed by atoms with van der Waals surface area (Å²) in [6, 6.07) is 3.43. The molecular formula is C13H20N2O3. The molecule has 0 aliphatic carbocycles. The minimum absolute atomic E-state index is 0.137. The van der Waals surface area contributed by atoms with Crippen molar-refractivity contribution in [2.45, 2.75) is 6.92 Å². The molecule has 0 saturated carbocycles. The Hall–Kier alpha value is -1.75. The number of nitrogens with one attached hydrogen (secondary N) is 2. The van der Waals surface area contributed by atoms with Gasteiger partial charge in [-0.2, -0.15) is 0 Å². The van der Waals surface area contributed by atoms with E-state index in [0.29, 0.717) is 23.6 Å². The SMILES string of the molecule is CNCCNC(=O)c1cc(OC)c(C)c(OC)c1. The number of hydrogen-bond acceptors (Lipinski definition) is 4. The first-order valence-electron chi connectivity index (χ1n) is 5.79. The maximum Gasteiger partial charge on any atom is 0.251 e. The normalized spacial score (nSPS) is 10.0. The molecule has 100 valence electrons. The van der Waals surface area contributed by atoms with Crippen molar-refractivity contribution in [2.24, 2.45) is 0 Å². The number of likely N-dealkylation sites (N-methyl/N-ethyl adjacent to an activating group) is 1. The van der Waals surface area contributed by atoms with Crippen molar-refractivity contribution in [2.75, 3.05) is 34.4 Å². The lowest BCUT2D eigenvalue weighted by molar-refractivity contribution is 0.0953. The quantitative estimate of drug-likeness (QED) is 0.740. The highest BCUT2D eigenvalue weighted by atomic mass is 16.5. The predicted octanol–water partition coefficient (Wildman–Crippen LogP) is 0.961. The first kappa shape index (κ1) is 14.3. The smallest absolute Gasteiger partial charge is 0.251 e. The Morgan fingerprint density at radius 2 is 1.72 bits per heavy atom. The average molecular weight is 252 g/mol. The number of rotatable bonds is 6. The first-order valence-corrected chi connectivity index (χ1v) is 5.79. The molecule has 18 heavy (non-hydrogen) atoms. The summed E-state index contributed by atoms with van der Waals surface area (Å²) in [6.07, 6.45) is 0. The average Bonchev–Trinajstić information content (AvgIpc) is 2.39. The Balaban J connectivity index is 2.91. The largest absolute Gasteiger partial charge is 0.496 e. The molecule has 0 spiro atoms. The number of carbonyl (C=O) groups excluding carboxylic acids is 1. The van der Waals surface area contributed by atoms with Crippen molar-refractivity contribution in [3.05, 3.63) is 23.3 Å². The van der Waals surface area contributed by atoms with Crippen molar-refractivity contribution in [1.29, 1.82) is 0 Å². The monoisotopic (exact) mass is 252 g/mol. The summed E-state index contributed by atoms with van der Waals surface area (Å²) in [4.78, 5) is 11.9. The molecule has 1 aromatic carbocycles. The van der Waals surface area contributed by atoms with Crippen molar-refractivity contribution < 1.29 is 14.3 Å². The molecule has 0 unspecified atom stereocenters. The van der Waals surface area contributed by atoms with Crippen molar-refractivity contribution >= 4 is 5.91 Å². The maximum atomic E-state index is 11.9. The molecule has 0 heterocycles. The second-order valence-electron chi connectivity index (χ2n) is 3.87. The van der Waals surface area contributed by atoms with Crippen LogP contribution in [-0.2, 0) is 0 Å². The molecule has 2 N–H and O–H groups in total. The highest BCUT2D eigenvalue weighted by Gasteiger charge is 2.12. The number of amides is 1. The van der Waals surface area contributed by atoms with Gasteiger partial charge in [0.05, 0.1) is 14.2 Å². The van der Waals surface area contributed by atoms with Gasteiger partial charge in [0.1, 0.15) is 11.5 Å². The van der Waals surface area contributed by atoms with Crippen LogP contribution in [-0.4, -0.2) is 40.3 Å². The van der Waals surface area contributed by atoms with E-state index in [9.17, 15) is 4.79 Å². The summed E-state index contributed by atoms with van der Waals surface area (Å²) in [5.74, 6) is 1.16. The summed E-state index contributed by atoms with van der Waals surface area (Å²) in [5, 5.41) is 5.77. The summed E-state index contributed by atoms with van der Waals surface area (Å²) in [6.45, 7) is 3.19. The Kier molecular flexibility index (Phi) is 5.45. The van der Waals surface area contributed by atoms with E-state index in [4.69, 9.17) is 9.47 Å². The number of benzene rings is 1. The van der Waals surface area contributed by atoms with Gasteiger partial charge in [0.2, 0.25) is 0 Å². The van der Waals surface area contributed by atoms with Crippen molar-refractivity contribution in [3.8, 4) is 11.5 Å². The van der Waals surface area contributed by atoms with Gasteiger partial charge in [-0.05, 0) is 26.1 Å². The van der Waals surface area contributed by atoms with Gasteiger partial charge in [0.15, 0.2) is 0 Å². The lowest BCUT2D eigenvalue weighted by atomic mass is 10.1. The maximum absolute atomic E-state index is 11.9. The van der Waals surface area contributed by atoms with Crippen molar-refractivity contribution in [3.63, 3.8) is 0 Å². The molecule has 1 amide bonds. The highest BCUT2D eigenvalue weighted by Crippen LogP contribution is 2.29. The van der Waals surface area contributed by atoms with E-state index in [1.807, 2.05) is 14.0 Å². The third kappa shape index (κ3) is 3.37. The van der Waals surface area contributed by atoms with Gasteiger partial charge < -0.3 is 20.1 Å². The van der Waals surface area contributed by atoms with E-state index >= 15 is 0 Å². The summed E-state index contributed by atoms with van der Waals surface area (Å²) >= 11 is 0. The van der Waals surface area contributed by atoms with E-state index < -0.39 is 0 Å². The van der Waals surface area contributed by atoms with Gasteiger partial charge in [0.25, 0.3) is 5.91 Å². The van der Waals surface area contributed by atoms with Crippen LogP contribution in [0.4, 0.5) is 0 Å². The van der Waals surface area contributed by atoms with Gasteiger partial charge in [-0.1, -0.05) is 0 Å². The fourth-order valence-corrected chi connectivity index (χ4v) is 1.62. The molecule has 0 saturated heterocycles. The molecule has 0 aliphatic heterocycles. The molecule has 5 nitrogen and oxygen atoms in total. The summed E-state index contributed by atoms with van der Waals surface area (Å²) in [5.41, 5.74) is 1.41. The second-order valence-corrected chi connectivity index (χ2v) is 3.87. The molecule has 0 aromatic heterocycles. The number of carbonyl (C=O) groups is 1. The van der Waals surface area contributed by atoms with E-state index in [1.165, 1.54) is 0 Å². The van der Waals surface area contributed by atoms with Crippen LogP contribution in [0.15, 0.2) is 12.1 Å². The molecule has 0 aliphatic rings. The van der Waals surface area contributed by atoms with Gasteiger partial charge in [-0.3, -0.25) is 4.79 Å². The molecule has 0 radical (unpaired) electrons. The van der Waals surface area contributed by atoms with Crippen LogP contribution in [0.2, 0.25) is 0 Å². The van der Waals surface area contributed by atoms with E-state index in [1.54, 1.807) is 26.4 Å². The van der Waals surface area contributed by atoms with Crippen LogP contribution in [0.5, 0.6) is 11.5 Å². The molecular weight excluding hydrogens is 232 g/mol. The van der Waals surface area contributed by atoms with Gasteiger partial charge in [-0.25, -0.2) is 0 Å². The second kappa shape index (κ2) is 6.86. The van der Waals surface area contributed by atoms with Crippen LogP contribution in [0.1, 0.15) is 15.9 Å². The first-order chi connectivity index (χ1) is 8.63. The molecule has 1 aromatic rings. The van der Waals surface area contributed by atoms with Gasteiger partial charge >= 0.3 is 0 Å². The Labute approximate surface area is 107 Å². The van der Waals surface area contributed by atoms with Crippen molar-refractivity contribution in [1.82, 2.24) is 10.6 Å². The zero-order valence-electron chi connectivity index (χ0n) is 11.3. The topological polar surface area (TPSA) is 59.6 Å². The van der Waals surface area contributed by atoms with Gasteiger partial charge in [0, 0.05) is 24.2 Å². The standard InChI is InChI=1S/C13H20N2O3/c1-9-11(17-3)7-10(8-12(9)18-4)13(16)15-6-5-14-2/h7-8,14H,5-6H2,1-4H3,(H,15,16).